The molecule has 0 atom stereocenters. The summed E-state index contributed by atoms with van der Waals surface area (Å²) in [5.74, 6) is -0.425. The minimum Gasteiger partial charge on any atom is -0.370 e. The fourth-order valence-corrected chi connectivity index (χ4v) is 1.51. The number of nitrogens with zero attached hydrogens (tertiary/aromatic N) is 1. The second-order valence-corrected chi connectivity index (χ2v) is 4.02. The van der Waals surface area contributed by atoms with Crippen LogP contribution in [0, 0.1) is 0 Å². The van der Waals surface area contributed by atoms with Crippen LogP contribution in [0.4, 0.5) is 13.2 Å². The number of ether oxygens (including phenoxy) is 1. The highest BCUT2D eigenvalue weighted by Crippen LogP contribution is 2.14. The van der Waals surface area contributed by atoms with Crippen LogP contribution in [-0.4, -0.2) is 36.8 Å². The number of rotatable bonds is 5. The van der Waals surface area contributed by atoms with Crippen LogP contribution >= 0.6 is 15.9 Å². The van der Waals surface area contributed by atoms with Gasteiger partial charge in [0.2, 0.25) is 0 Å². The van der Waals surface area contributed by atoms with Gasteiger partial charge in [-0.25, -0.2) is 4.98 Å². The monoisotopic (exact) mass is 326 g/mol. The third-order valence-electron chi connectivity index (χ3n) is 1.80. The van der Waals surface area contributed by atoms with Gasteiger partial charge in [-0.2, -0.15) is 13.2 Å². The quantitative estimate of drug-likeness (QED) is 0.666. The van der Waals surface area contributed by atoms with Gasteiger partial charge in [0.25, 0.3) is 5.91 Å². The lowest BCUT2D eigenvalue weighted by atomic mass is 10.3. The average Bonchev–Trinajstić information content (AvgIpc) is 2.27. The zero-order valence-corrected chi connectivity index (χ0v) is 10.7. The number of hydrogen-bond donors (Lipinski definition) is 1. The van der Waals surface area contributed by atoms with Crippen LogP contribution in [0.15, 0.2) is 22.9 Å². The Morgan fingerprint density at radius 3 is 2.83 bits per heavy atom. The smallest absolute Gasteiger partial charge is 0.370 e. The van der Waals surface area contributed by atoms with Crippen molar-refractivity contribution < 1.29 is 22.7 Å². The zero-order valence-electron chi connectivity index (χ0n) is 9.13. The van der Waals surface area contributed by atoms with Crippen LogP contribution < -0.4 is 5.32 Å². The third-order valence-corrected chi connectivity index (χ3v) is 2.43. The van der Waals surface area contributed by atoms with Crippen molar-refractivity contribution in [2.75, 3.05) is 19.8 Å². The predicted octanol–water partition coefficient (Wildman–Crippen LogP) is 2.15. The highest BCUT2D eigenvalue weighted by atomic mass is 79.9. The van der Waals surface area contributed by atoms with Crippen LogP contribution in [-0.2, 0) is 4.74 Å². The summed E-state index contributed by atoms with van der Waals surface area (Å²) in [4.78, 5) is 15.4. The van der Waals surface area contributed by atoms with E-state index in [2.05, 4.69) is 31.0 Å². The summed E-state index contributed by atoms with van der Waals surface area (Å²) in [5.41, 5.74) is 0.313. The first-order valence-electron chi connectivity index (χ1n) is 4.93. The number of carbonyl (C=O) groups is 1. The van der Waals surface area contributed by atoms with E-state index in [0.717, 1.165) is 0 Å². The largest absolute Gasteiger partial charge is 0.411 e. The van der Waals surface area contributed by atoms with E-state index in [1.165, 1.54) is 6.20 Å². The number of nitrogens with one attached hydrogen (secondary N) is 1. The van der Waals surface area contributed by atoms with Crippen molar-refractivity contribution in [3.8, 4) is 0 Å². The van der Waals surface area contributed by atoms with Gasteiger partial charge >= 0.3 is 6.18 Å². The molecule has 100 valence electrons. The number of carbonyl (C=O) groups excluding carboxylic acids is 1. The second-order valence-electron chi connectivity index (χ2n) is 3.27. The Kier molecular flexibility index (Phi) is 5.54. The summed E-state index contributed by atoms with van der Waals surface area (Å²) >= 11 is 3.09. The average molecular weight is 327 g/mol. The number of amides is 1. The van der Waals surface area contributed by atoms with Gasteiger partial charge in [-0.3, -0.25) is 4.79 Å². The van der Waals surface area contributed by atoms with E-state index in [1.807, 2.05) is 0 Å². The highest BCUT2D eigenvalue weighted by molar-refractivity contribution is 9.10. The molecule has 8 heteroatoms. The molecular weight excluding hydrogens is 317 g/mol. The molecule has 0 spiro atoms. The van der Waals surface area contributed by atoms with E-state index >= 15 is 0 Å². The summed E-state index contributed by atoms with van der Waals surface area (Å²) in [7, 11) is 0. The van der Waals surface area contributed by atoms with E-state index in [1.54, 1.807) is 12.1 Å². The first-order chi connectivity index (χ1) is 8.40. The lowest BCUT2D eigenvalue weighted by Gasteiger charge is -2.08. The lowest BCUT2D eigenvalue weighted by molar-refractivity contribution is -0.173. The summed E-state index contributed by atoms with van der Waals surface area (Å²) in [6, 6.07) is 3.13. The van der Waals surface area contributed by atoms with Crippen molar-refractivity contribution in [1.82, 2.24) is 10.3 Å². The molecule has 18 heavy (non-hydrogen) atoms. The van der Waals surface area contributed by atoms with Crippen LogP contribution in [0.25, 0.3) is 0 Å². The topological polar surface area (TPSA) is 51.2 Å². The maximum atomic E-state index is 11.7. The molecule has 1 N–H and O–H groups in total. The molecule has 1 aromatic rings. The number of hydrogen-bond acceptors (Lipinski definition) is 3. The minimum atomic E-state index is -4.35. The number of aromatic nitrogens is 1. The van der Waals surface area contributed by atoms with E-state index in [0.29, 0.717) is 10.2 Å². The summed E-state index contributed by atoms with van der Waals surface area (Å²) in [6.07, 6.45) is -2.84. The van der Waals surface area contributed by atoms with Crippen molar-refractivity contribution in [1.29, 1.82) is 0 Å². The Morgan fingerprint density at radius 1 is 1.50 bits per heavy atom. The molecule has 0 saturated carbocycles. The molecular formula is C10H10BrF3N2O2. The number of alkyl halides is 3. The van der Waals surface area contributed by atoms with Crippen molar-refractivity contribution in [3.63, 3.8) is 0 Å². The van der Waals surface area contributed by atoms with Crippen molar-refractivity contribution >= 4 is 21.8 Å². The Hall–Kier alpha value is -1.15. The Labute approximate surface area is 110 Å². The summed E-state index contributed by atoms with van der Waals surface area (Å²) < 4.78 is 39.9. The zero-order chi connectivity index (χ0) is 13.6. The molecule has 0 aliphatic carbocycles. The molecule has 0 bridgehead atoms. The van der Waals surface area contributed by atoms with Gasteiger partial charge < -0.3 is 10.1 Å². The first-order valence-corrected chi connectivity index (χ1v) is 5.72. The minimum absolute atomic E-state index is 0.00372. The van der Waals surface area contributed by atoms with Gasteiger partial charge in [0.15, 0.2) is 0 Å². The predicted molar refractivity (Wildman–Crippen MR) is 61.1 cm³/mol. The van der Waals surface area contributed by atoms with Gasteiger partial charge in [-0.1, -0.05) is 0 Å². The maximum absolute atomic E-state index is 11.7. The number of pyridine rings is 1. The van der Waals surface area contributed by atoms with Gasteiger partial charge in [-0.15, -0.1) is 0 Å². The van der Waals surface area contributed by atoms with Crippen molar-refractivity contribution in [3.05, 3.63) is 28.5 Å². The van der Waals surface area contributed by atoms with Crippen LogP contribution in [0.5, 0.6) is 0 Å². The molecule has 0 aliphatic rings. The van der Waals surface area contributed by atoms with Crippen molar-refractivity contribution in [2.24, 2.45) is 0 Å². The molecule has 0 unspecified atom stereocenters. The molecule has 0 aromatic carbocycles. The Bertz CT molecular complexity index is 412. The van der Waals surface area contributed by atoms with E-state index in [9.17, 15) is 18.0 Å². The Balaban J connectivity index is 2.28. The molecule has 0 fully saturated rings. The van der Waals surface area contributed by atoms with Gasteiger partial charge in [0, 0.05) is 12.7 Å². The first kappa shape index (κ1) is 14.9. The third kappa shape index (κ3) is 5.46. The van der Waals surface area contributed by atoms with Crippen LogP contribution in [0.1, 0.15) is 10.4 Å². The molecule has 1 heterocycles. The SMILES string of the molecule is O=C(NCCOCC(F)(F)F)c1cccnc1Br. The van der Waals surface area contributed by atoms with Gasteiger partial charge in [0.05, 0.1) is 12.2 Å². The van der Waals surface area contributed by atoms with E-state index < -0.39 is 18.7 Å². The standard InChI is InChI=1S/C10H10BrF3N2O2/c11-8-7(2-1-3-15-8)9(17)16-4-5-18-6-10(12,13)14/h1-3H,4-6H2,(H,16,17). The molecule has 0 radical (unpaired) electrons. The highest BCUT2D eigenvalue weighted by Gasteiger charge is 2.27. The molecule has 1 amide bonds. The molecule has 0 aliphatic heterocycles. The Morgan fingerprint density at radius 2 is 2.22 bits per heavy atom. The van der Waals surface area contributed by atoms with Crippen LogP contribution in [0.2, 0.25) is 0 Å². The molecule has 0 saturated heterocycles. The lowest BCUT2D eigenvalue weighted by Crippen LogP contribution is -2.29. The van der Waals surface area contributed by atoms with E-state index in [4.69, 9.17) is 0 Å². The normalized spacial score (nSPS) is 11.3. The molecule has 4 nitrogen and oxygen atoms in total. The van der Waals surface area contributed by atoms with Gasteiger partial charge in [0.1, 0.15) is 11.2 Å². The van der Waals surface area contributed by atoms with Crippen molar-refractivity contribution in [2.45, 2.75) is 6.18 Å². The fourth-order valence-electron chi connectivity index (χ4n) is 1.08. The maximum Gasteiger partial charge on any atom is 0.411 e. The molecule has 1 rings (SSSR count). The summed E-state index contributed by atoms with van der Waals surface area (Å²) in [6.45, 7) is -1.53. The second kappa shape index (κ2) is 6.69. The fraction of sp³-hybridized carbons (Fsp3) is 0.400. The van der Waals surface area contributed by atoms with Gasteiger partial charge in [-0.05, 0) is 28.1 Å². The molecule has 1 aromatic heterocycles. The van der Waals surface area contributed by atoms with Crippen LogP contribution in [0.3, 0.4) is 0 Å². The van der Waals surface area contributed by atoms with E-state index in [-0.39, 0.29) is 13.2 Å². The number of halogens is 4. The summed E-state index contributed by atoms with van der Waals surface area (Å²) in [5, 5.41) is 2.42.